The SMILES string of the molecule is CC1=C(C(=O)OC(C)C)C(c2ccc(F)cc2)c2c(nc(SCc3ccccc3Cl)[nH]c2=O)N1. The topological polar surface area (TPSA) is 84.1 Å². The maximum atomic E-state index is 13.6. The van der Waals surface area contributed by atoms with Crippen molar-refractivity contribution < 1.29 is 13.9 Å². The zero-order valence-corrected chi connectivity index (χ0v) is 20.4. The van der Waals surface area contributed by atoms with E-state index in [1.165, 1.54) is 23.9 Å². The number of allylic oxidation sites excluding steroid dienone is 1. The molecule has 0 saturated carbocycles. The maximum absolute atomic E-state index is 13.6. The number of esters is 1. The maximum Gasteiger partial charge on any atom is 0.337 e. The summed E-state index contributed by atoms with van der Waals surface area (Å²) < 4.78 is 19.1. The Bertz CT molecular complexity index is 1320. The van der Waals surface area contributed by atoms with Crippen molar-refractivity contribution in [2.45, 2.75) is 43.7 Å². The van der Waals surface area contributed by atoms with Crippen molar-refractivity contribution in [1.82, 2.24) is 9.97 Å². The lowest BCUT2D eigenvalue weighted by atomic mass is 9.82. The Labute approximate surface area is 205 Å². The third-order valence-electron chi connectivity index (χ3n) is 5.31. The molecule has 1 aromatic heterocycles. The molecule has 0 radical (unpaired) electrons. The summed E-state index contributed by atoms with van der Waals surface area (Å²) in [5.74, 6) is -0.857. The lowest BCUT2D eigenvalue weighted by Gasteiger charge is -2.29. The molecule has 4 rings (SSSR count). The van der Waals surface area contributed by atoms with Crippen molar-refractivity contribution in [3.05, 3.63) is 97.7 Å². The number of fused-ring (bicyclic) bond motifs is 1. The number of hydrogen-bond acceptors (Lipinski definition) is 6. The van der Waals surface area contributed by atoms with Crippen LogP contribution in [0.3, 0.4) is 0 Å². The zero-order chi connectivity index (χ0) is 24.4. The van der Waals surface area contributed by atoms with E-state index in [1.807, 2.05) is 18.2 Å². The minimum Gasteiger partial charge on any atom is -0.460 e. The van der Waals surface area contributed by atoms with Crippen LogP contribution in [0.25, 0.3) is 0 Å². The van der Waals surface area contributed by atoms with Gasteiger partial charge in [0.15, 0.2) is 5.16 Å². The molecule has 0 amide bonds. The third kappa shape index (κ3) is 5.03. The number of H-pyrrole nitrogens is 1. The number of hydrogen-bond donors (Lipinski definition) is 2. The molecule has 1 unspecified atom stereocenters. The van der Waals surface area contributed by atoms with E-state index in [2.05, 4.69) is 15.3 Å². The standard InChI is InChI=1S/C25H23ClFN3O3S/c1-13(2)33-24(32)19-14(3)28-22-21(20(19)15-8-10-17(27)11-9-15)23(31)30-25(29-22)34-12-16-6-4-5-7-18(16)26/h4-11,13,20H,12H2,1-3H3,(H2,28,29,30,31). The minimum atomic E-state index is -0.762. The van der Waals surface area contributed by atoms with Crippen LogP contribution in [-0.2, 0) is 15.3 Å². The summed E-state index contributed by atoms with van der Waals surface area (Å²) in [6.45, 7) is 5.24. The molecule has 2 aromatic carbocycles. The number of benzene rings is 2. The van der Waals surface area contributed by atoms with Crippen LogP contribution in [0.15, 0.2) is 69.8 Å². The lowest BCUT2D eigenvalue weighted by Crippen LogP contribution is -2.31. The van der Waals surface area contributed by atoms with Gasteiger partial charge in [-0.25, -0.2) is 14.2 Å². The van der Waals surface area contributed by atoms with Gasteiger partial charge in [0.1, 0.15) is 11.6 Å². The first-order chi connectivity index (χ1) is 16.2. The number of nitrogens with zero attached hydrogens (tertiary/aromatic N) is 1. The molecule has 34 heavy (non-hydrogen) atoms. The van der Waals surface area contributed by atoms with E-state index in [0.717, 1.165) is 5.56 Å². The summed E-state index contributed by atoms with van der Waals surface area (Å²) in [5.41, 5.74) is 2.19. The van der Waals surface area contributed by atoms with E-state index < -0.39 is 23.3 Å². The molecule has 3 aromatic rings. The van der Waals surface area contributed by atoms with E-state index in [1.54, 1.807) is 39.0 Å². The Morgan fingerprint density at radius 1 is 1.21 bits per heavy atom. The number of rotatable bonds is 6. The number of halogens is 2. The monoisotopic (exact) mass is 499 g/mol. The number of aromatic amines is 1. The number of aromatic nitrogens is 2. The summed E-state index contributed by atoms with van der Waals surface area (Å²) in [5, 5.41) is 4.15. The van der Waals surface area contributed by atoms with Gasteiger partial charge in [-0.1, -0.05) is 53.7 Å². The van der Waals surface area contributed by atoms with Crippen LogP contribution in [0.2, 0.25) is 5.02 Å². The average molecular weight is 500 g/mol. The molecule has 1 aliphatic rings. The van der Waals surface area contributed by atoms with Crippen LogP contribution in [-0.4, -0.2) is 22.0 Å². The second kappa shape index (κ2) is 10.0. The number of thioether (sulfide) groups is 1. The summed E-state index contributed by atoms with van der Waals surface area (Å²) in [4.78, 5) is 33.7. The molecule has 0 aliphatic carbocycles. The Hall–Kier alpha value is -3.10. The smallest absolute Gasteiger partial charge is 0.337 e. The van der Waals surface area contributed by atoms with Gasteiger partial charge in [0.05, 0.1) is 23.2 Å². The van der Waals surface area contributed by atoms with E-state index in [4.69, 9.17) is 16.3 Å². The summed E-state index contributed by atoms with van der Waals surface area (Å²) in [6.07, 6.45) is -0.344. The van der Waals surface area contributed by atoms with Gasteiger partial charge in [-0.3, -0.25) is 4.79 Å². The number of ether oxygens (including phenoxy) is 1. The third-order valence-corrected chi connectivity index (χ3v) is 6.60. The molecule has 9 heteroatoms. The fourth-order valence-corrected chi connectivity index (χ4v) is 4.94. The van der Waals surface area contributed by atoms with Crippen LogP contribution in [0.5, 0.6) is 0 Å². The average Bonchev–Trinajstić information content (AvgIpc) is 2.77. The van der Waals surface area contributed by atoms with Crippen molar-refractivity contribution in [3.63, 3.8) is 0 Å². The fourth-order valence-electron chi connectivity index (χ4n) is 3.80. The summed E-state index contributed by atoms with van der Waals surface area (Å²) in [6, 6.07) is 13.2. The van der Waals surface area contributed by atoms with Crippen LogP contribution < -0.4 is 10.9 Å². The Morgan fingerprint density at radius 2 is 1.91 bits per heavy atom. The van der Waals surface area contributed by atoms with Crippen molar-refractivity contribution in [3.8, 4) is 0 Å². The second-order valence-corrected chi connectivity index (χ2v) is 9.49. The molecule has 6 nitrogen and oxygen atoms in total. The predicted molar refractivity (Wildman–Crippen MR) is 132 cm³/mol. The van der Waals surface area contributed by atoms with Crippen molar-refractivity contribution >= 4 is 35.1 Å². The number of carbonyl (C=O) groups excluding carboxylic acids is 1. The highest BCUT2D eigenvalue weighted by atomic mass is 35.5. The highest BCUT2D eigenvalue weighted by Gasteiger charge is 2.36. The van der Waals surface area contributed by atoms with E-state index >= 15 is 0 Å². The summed E-state index contributed by atoms with van der Waals surface area (Å²) >= 11 is 7.58. The van der Waals surface area contributed by atoms with E-state index in [-0.39, 0.29) is 17.2 Å². The van der Waals surface area contributed by atoms with Crippen LogP contribution in [0, 0.1) is 5.82 Å². The van der Waals surface area contributed by atoms with Crippen molar-refractivity contribution in [2.24, 2.45) is 0 Å². The normalized spacial score (nSPS) is 15.2. The molecule has 176 valence electrons. The van der Waals surface area contributed by atoms with Crippen molar-refractivity contribution in [1.29, 1.82) is 0 Å². The molecule has 1 aliphatic heterocycles. The molecule has 0 spiro atoms. The highest BCUT2D eigenvalue weighted by molar-refractivity contribution is 7.98. The lowest BCUT2D eigenvalue weighted by molar-refractivity contribution is -0.143. The Kier molecular flexibility index (Phi) is 7.09. The summed E-state index contributed by atoms with van der Waals surface area (Å²) in [7, 11) is 0. The number of carbonyl (C=O) groups is 1. The molecular formula is C25H23ClFN3O3S. The first-order valence-electron chi connectivity index (χ1n) is 10.7. The zero-order valence-electron chi connectivity index (χ0n) is 18.8. The second-order valence-electron chi connectivity index (χ2n) is 8.12. The molecular weight excluding hydrogens is 477 g/mol. The van der Waals surface area contributed by atoms with Gasteiger partial charge in [0.25, 0.3) is 5.56 Å². The highest BCUT2D eigenvalue weighted by Crippen LogP contribution is 2.40. The van der Waals surface area contributed by atoms with Gasteiger partial charge in [0.2, 0.25) is 0 Å². The van der Waals surface area contributed by atoms with Gasteiger partial charge in [-0.2, -0.15) is 0 Å². The molecule has 0 saturated heterocycles. The Morgan fingerprint density at radius 3 is 2.59 bits per heavy atom. The minimum absolute atomic E-state index is 0.273. The quantitative estimate of drug-likeness (QED) is 0.259. The van der Waals surface area contributed by atoms with Gasteiger partial charge in [-0.05, 0) is 50.1 Å². The largest absolute Gasteiger partial charge is 0.460 e. The van der Waals surface area contributed by atoms with Gasteiger partial charge in [0, 0.05) is 16.5 Å². The van der Waals surface area contributed by atoms with Crippen molar-refractivity contribution in [2.75, 3.05) is 5.32 Å². The van der Waals surface area contributed by atoms with Gasteiger partial charge < -0.3 is 15.0 Å². The van der Waals surface area contributed by atoms with Gasteiger partial charge in [-0.15, -0.1) is 0 Å². The fraction of sp³-hybridized carbons (Fsp3) is 0.240. The van der Waals surface area contributed by atoms with Crippen LogP contribution >= 0.6 is 23.4 Å². The Balaban J connectivity index is 1.76. The molecule has 0 fully saturated rings. The molecule has 2 heterocycles. The van der Waals surface area contributed by atoms with Gasteiger partial charge >= 0.3 is 5.97 Å². The molecule has 0 bridgehead atoms. The van der Waals surface area contributed by atoms with Crippen LogP contribution in [0.4, 0.5) is 10.2 Å². The van der Waals surface area contributed by atoms with E-state index in [0.29, 0.717) is 33.0 Å². The number of nitrogens with one attached hydrogen (secondary N) is 2. The first-order valence-corrected chi connectivity index (χ1v) is 12.1. The molecule has 2 N–H and O–H groups in total. The van der Waals surface area contributed by atoms with Crippen LogP contribution in [0.1, 0.15) is 43.4 Å². The first kappa shape index (κ1) is 24.0. The number of anilines is 1. The van der Waals surface area contributed by atoms with E-state index in [9.17, 15) is 14.0 Å². The predicted octanol–water partition coefficient (Wildman–Crippen LogP) is 5.64. The molecule has 1 atom stereocenters.